The lowest BCUT2D eigenvalue weighted by molar-refractivity contribution is -0.143. The number of anilines is 1. The SMILES string of the molecule is O=C(Nc1ccc2c(c1)OCO2)C(=O)N(CCO)Cc1ccccc1. The highest BCUT2D eigenvalue weighted by Crippen LogP contribution is 2.34. The summed E-state index contributed by atoms with van der Waals surface area (Å²) < 4.78 is 10.4. The molecule has 2 amide bonds. The first kappa shape index (κ1) is 16.8. The molecule has 0 fully saturated rings. The fraction of sp³-hybridized carbons (Fsp3) is 0.222. The minimum absolute atomic E-state index is 0.0717. The summed E-state index contributed by atoms with van der Waals surface area (Å²) in [5, 5.41) is 11.7. The van der Waals surface area contributed by atoms with Crippen LogP contribution in [-0.2, 0) is 16.1 Å². The molecule has 7 heteroatoms. The van der Waals surface area contributed by atoms with Gasteiger partial charge in [-0.05, 0) is 17.7 Å². The second-order valence-corrected chi connectivity index (χ2v) is 5.46. The van der Waals surface area contributed by atoms with E-state index in [0.717, 1.165) is 5.56 Å². The lowest BCUT2D eigenvalue weighted by Crippen LogP contribution is -2.40. The largest absolute Gasteiger partial charge is 0.454 e. The number of fused-ring (bicyclic) bond motifs is 1. The number of nitrogens with zero attached hydrogens (tertiary/aromatic N) is 1. The van der Waals surface area contributed by atoms with Crippen LogP contribution < -0.4 is 14.8 Å². The molecule has 2 aromatic rings. The van der Waals surface area contributed by atoms with Crippen LogP contribution in [0.1, 0.15) is 5.56 Å². The number of nitrogens with one attached hydrogen (secondary N) is 1. The van der Waals surface area contributed by atoms with Crippen LogP contribution in [0.5, 0.6) is 11.5 Å². The quantitative estimate of drug-likeness (QED) is 0.802. The molecular formula is C18H18N2O5. The summed E-state index contributed by atoms with van der Waals surface area (Å²) in [6.07, 6.45) is 0. The molecule has 7 nitrogen and oxygen atoms in total. The van der Waals surface area contributed by atoms with E-state index in [4.69, 9.17) is 9.47 Å². The molecule has 3 rings (SSSR count). The van der Waals surface area contributed by atoms with Crippen LogP contribution >= 0.6 is 0 Å². The number of benzene rings is 2. The van der Waals surface area contributed by atoms with Gasteiger partial charge in [0.2, 0.25) is 6.79 Å². The number of hydrogen-bond donors (Lipinski definition) is 2. The first-order valence-corrected chi connectivity index (χ1v) is 7.82. The molecule has 130 valence electrons. The maximum atomic E-state index is 12.4. The van der Waals surface area contributed by atoms with Crippen molar-refractivity contribution in [1.82, 2.24) is 4.90 Å². The molecule has 0 saturated heterocycles. The predicted octanol–water partition coefficient (Wildman–Crippen LogP) is 1.37. The summed E-state index contributed by atoms with van der Waals surface area (Å²) in [4.78, 5) is 26.0. The van der Waals surface area contributed by atoms with Crippen molar-refractivity contribution in [2.75, 3.05) is 25.3 Å². The molecule has 0 aliphatic carbocycles. The summed E-state index contributed by atoms with van der Waals surface area (Å²) in [6.45, 7) is 0.222. The number of carbonyl (C=O) groups is 2. The Balaban J connectivity index is 1.67. The predicted molar refractivity (Wildman–Crippen MR) is 90.1 cm³/mol. The Bertz CT molecular complexity index is 763. The summed E-state index contributed by atoms with van der Waals surface area (Å²) >= 11 is 0. The zero-order valence-electron chi connectivity index (χ0n) is 13.5. The van der Waals surface area contributed by atoms with Crippen molar-refractivity contribution >= 4 is 17.5 Å². The van der Waals surface area contributed by atoms with Crippen molar-refractivity contribution in [1.29, 1.82) is 0 Å². The average Bonchev–Trinajstić information content (AvgIpc) is 3.09. The molecule has 0 saturated carbocycles. The Kier molecular flexibility index (Phi) is 5.15. The Morgan fingerprint density at radius 1 is 1.08 bits per heavy atom. The average molecular weight is 342 g/mol. The molecule has 1 heterocycles. The summed E-state index contributed by atoms with van der Waals surface area (Å²) in [7, 11) is 0. The number of amides is 2. The number of hydrogen-bond acceptors (Lipinski definition) is 5. The molecule has 0 atom stereocenters. The minimum atomic E-state index is -0.775. The van der Waals surface area contributed by atoms with Gasteiger partial charge in [0.15, 0.2) is 11.5 Å². The molecule has 0 bridgehead atoms. The Labute approximate surface area is 144 Å². The third-order valence-corrected chi connectivity index (χ3v) is 3.70. The van der Waals surface area contributed by atoms with Crippen LogP contribution in [-0.4, -0.2) is 41.8 Å². The molecule has 2 aromatic carbocycles. The molecule has 0 spiro atoms. The van der Waals surface area contributed by atoms with Gasteiger partial charge in [0.1, 0.15) is 0 Å². The van der Waals surface area contributed by atoms with Crippen molar-refractivity contribution in [3.8, 4) is 11.5 Å². The second-order valence-electron chi connectivity index (χ2n) is 5.46. The summed E-state index contributed by atoms with van der Waals surface area (Å²) in [6, 6.07) is 14.2. The van der Waals surface area contributed by atoms with Gasteiger partial charge in [0.05, 0.1) is 6.61 Å². The van der Waals surface area contributed by atoms with E-state index < -0.39 is 11.8 Å². The van der Waals surface area contributed by atoms with Crippen molar-refractivity contribution in [2.45, 2.75) is 6.54 Å². The third-order valence-electron chi connectivity index (χ3n) is 3.70. The van der Waals surface area contributed by atoms with Crippen molar-refractivity contribution < 1.29 is 24.2 Å². The van der Waals surface area contributed by atoms with Gasteiger partial charge in [-0.25, -0.2) is 0 Å². The van der Waals surface area contributed by atoms with Crippen molar-refractivity contribution in [3.05, 3.63) is 54.1 Å². The van der Waals surface area contributed by atoms with Gasteiger partial charge < -0.3 is 24.8 Å². The highest BCUT2D eigenvalue weighted by Gasteiger charge is 2.23. The summed E-state index contributed by atoms with van der Waals surface area (Å²) in [5.41, 5.74) is 1.31. The fourth-order valence-corrected chi connectivity index (χ4v) is 2.48. The van der Waals surface area contributed by atoms with Crippen LogP contribution in [0.25, 0.3) is 0 Å². The summed E-state index contributed by atoms with van der Waals surface area (Å²) in [5.74, 6) is -0.379. The van der Waals surface area contributed by atoms with E-state index in [1.54, 1.807) is 18.2 Å². The van der Waals surface area contributed by atoms with E-state index in [1.807, 2.05) is 30.3 Å². The lowest BCUT2D eigenvalue weighted by Gasteiger charge is -2.21. The number of carbonyl (C=O) groups excluding carboxylic acids is 2. The van der Waals surface area contributed by atoms with Gasteiger partial charge in [-0.3, -0.25) is 9.59 Å². The van der Waals surface area contributed by atoms with Crippen LogP contribution in [0.4, 0.5) is 5.69 Å². The van der Waals surface area contributed by atoms with E-state index in [9.17, 15) is 14.7 Å². The van der Waals surface area contributed by atoms with Crippen LogP contribution in [0.2, 0.25) is 0 Å². The highest BCUT2D eigenvalue weighted by molar-refractivity contribution is 6.39. The van der Waals surface area contributed by atoms with E-state index >= 15 is 0 Å². The molecule has 2 N–H and O–H groups in total. The number of aliphatic hydroxyl groups excluding tert-OH is 1. The Morgan fingerprint density at radius 2 is 1.84 bits per heavy atom. The van der Waals surface area contributed by atoms with E-state index in [-0.39, 0.29) is 26.5 Å². The van der Waals surface area contributed by atoms with Gasteiger partial charge in [-0.1, -0.05) is 30.3 Å². The molecule has 0 radical (unpaired) electrons. The lowest BCUT2D eigenvalue weighted by atomic mass is 10.2. The standard InChI is InChI=1S/C18H18N2O5/c21-9-8-20(11-13-4-2-1-3-5-13)18(23)17(22)19-14-6-7-15-16(10-14)25-12-24-15/h1-7,10,21H,8-9,11-12H2,(H,19,22). The van der Waals surface area contributed by atoms with Gasteiger partial charge in [-0.2, -0.15) is 0 Å². The van der Waals surface area contributed by atoms with Gasteiger partial charge in [-0.15, -0.1) is 0 Å². The van der Waals surface area contributed by atoms with Crippen LogP contribution in [0.3, 0.4) is 0 Å². The van der Waals surface area contributed by atoms with E-state index in [1.165, 1.54) is 4.90 Å². The smallest absolute Gasteiger partial charge is 0.313 e. The molecule has 1 aliphatic rings. The topological polar surface area (TPSA) is 88.1 Å². The normalized spacial score (nSPS) is 11.9. The molecule has 0 unspecified atom stereocenters. The maximum absolute atomic E-state index is 12.4. The minimum Gasteiger partial charge on any atom is -0.454 e. The molecule has 1 aliphatic heterocycles. The van der Waals surface area contributed by atoms with Crippen molar-refractivity contribution in [2.24, 2.45) is 0 Å². The number of ether oxygens (including phenoxy) is 2. The molecule has 0 aromatic heterocycles. The van der Waals surface area contributed by atoms with E-state index in [0.29, 0.717) is 17.2 Å². The Hall–Kier alpha value is -3.06. The van der Waals surface area contributed by atoms with Gasteiger partial charge in [0, 0.05) is 24.8 Å². The van der Waals surface area contributed by atoms with E-state index in [2.05, 4.69) is 5.32 Å². The van der Waals surface area contributed by atoms with Crippen LogP contribution in [0.15, 0.2) is 48.5 Å². The van der Waals surface area contributed by atoms with Crippen LogP contribution in [0, 0.1) is 0 Å². The monoisotopic (exact) mass is 342 g/mol. The third kappa shape index (κ3) is 4.07. The Morgan fingerprint density at radius 3 is 2.60 bits per heavy atom. The first-order valence-electron chi connectivity index (χ1n) is 7.82. The second kappa shape index (κ2) is 7.67. The number of rotatable bonds is 5. The highest BCUT2D eigenvalue weighted by atomic mass is 16.7. The zero-order valence-corrected chi connectivity index (χ0v) is 13.5. The van der Waals surface area contributed by atoms with Gasteiger partial charge >= 0.3 is 11.8 Å². The number of aliphatic hydroxyl groups is 1. The van der Waals surface area contributed by atoms with Crippen molar-refractivity contribution in [3.63, 3.8) is 0 Å². The molecular weight excluding hydrogens is 324 g/mol. The van der Waals surface area contributed by atoms with Gasteiger partial charge in [0.25, 0.3) is 0 Å². The first-order chi connectivity index (χ1) is 12.2. The molecule has 25 heavy (non-hydrogen) atoms. The maximum Gasteiger partial charge on any atom is 0.313 e. The zero-order chi connectivity index (χ0) is 17.6. The fourth-order valence-electron chi connectivity index (χ4n) is 2.48.